The topological polar surface area (TPSA) is 71.1 Å². The maximum atomic E-state index is 12.5. The monoisotopic (exact) mass is 343 g/mol. The number of hydrogen-bond donors (Lipinski definition) is 2. The SMILES string of the molecule is CNCc1cc(S(=O)(=O)Nc2nc(C3CC3)cs2)c(C)s1. The molecule has 1 fully saturated rings. The third kappa shape index (κ3) is 3.28. The Labute approximate surface area is 132 Å². The van der Waals surface area contributed by atoms with Crippen molar-refractivity contribution in [3.63, 3.8) is 0 Å². The van der Waals surface area contributed by atoms with Crippen LogP contribution in [0.25, 0.3) is 0 Å². The Kier molecular flexibility index (Phi) is 4.04. The molecule has 2 aromatic heterocycles. The molecule has 0 spiro atoms. The molecule has 3 rings (SSSR count). The van der Waals surface area contributed by atoms with Crippen molar-refractivity contribution in [1.29, 1.82) is 0 Å². The number of nitrogens with one attached hydrogen (secondary N) is 2. The van der Waals surface area contributed by atoms with Crippen LogP contribution in [-0.4, -0.2) is 20.4 Å². The highest BCUT2D eigenvalue weighted by molar-refractivity contribution is 7.93. The van der Waals surface area contributed by atoms with Crippen LogP contribution < -0.4 is 10.0 Å². The Bertz CT molecular complexity index is 745. The van der Waals surface area contributed by atoms with Gasteiger partial charge in [-0.25, -0.2) is 13.4 Å². The Hall–Kier alpha value is -0.960. The number of thiophene rings is 1. The van der Waals surface area contributed by atoms with E-state index in [2.05, 4.69) is 15.0 Å². The lowest BCUT2D eigenvalue weighted by atomic mass is 10.3. The third-order valence-electron chi connectivity index (χ3n) is 3.30. The Balaban J connectivity index is 1.81. The quantitative estimate of drug-likeness (QED) is 0.846. The van der Waals surface area contributed by atoms with Crippen molar-refractivity contribution in [1.82, 2.24) is 10.3 Å². The second kappa shape index (κ2) is 5.68. The summed E-state index contributed by atoms with van der Waals surface area (Å²) < 4.78 is 27.6. The van der Waals surface area contributed by atoms with Gasteiger partial charge in [0.25, 0.3) is 10.0 Å². The molecule has 114 valence electrons. The lowest BCUT2D eigenvalue weighted by Gasteiger charge is -2.03. The molecule has 1 aliphatic rings. The molecule has 0 amide bonds. The number of nitrogens with zero attached hydrogens (tertiary/aromatic N) is 1. The minimum atomic E-state index is -3.55. The smallest absolute Gasteiger partial charge is 0.264 e. The molecule has 5 nitrogen and oxygen atoms in total. The van der Waals surface area contributed by atoms with Gasteiger partial charge in [-0.3, -0.25) is 4.72 Å². The van der Waals surface area contributed by atoms with Gasteiger partial charge >= 0.3 is 0 Å². The largest absolute Gasteiger partial charge is 0.315 e. The maximum Gasteiger partial charge on any atom is 0.264 e. The standard InChI is InChI=1S/C13H17N3O2S3/c1-8-12(5-10(20-8)6-14-2)21(17,18)16-13-15-11(7-19-13)9-3-4-9/h5,7,9,14H,3-4,6H2,1-2H3,(H,15,16). The number of aryl methyl sites for hydroxylation is 1. The zero-order valence-electron chi connectivity index (χ0n) is 11.8. The first-order valence-corrected chi connectivity index (χ1v) is 9.89. The molecule has 0 saturated heterocycles. The highest BCUT2D eigenvalue weighted by atomic mass is 32.2. The number of thiazole rings is 1. The summed E-state index contributed by atoms with van der Waals surface area (Å²) in [7, 11) is -1.71. The lowest BCUT2D eigenvalue weighted by Crippen LogP contribution is -2.13. The molecular weight excluding hydrogens is 326 g/mol. The Morgan fingerprint density at radius 1 is 1.43 bits per heavy atom. The van der Waals surface area contributed by atoms with Crippen LogP contribution >= 0.6 is 22.7 Å². The van der Waals surface area contributed by atoms with Crippen LogP contribution in [0, 0.1) is 6.92 Å². The van der Waals surface area contributed by atoms with Gasteiger partial charge in [-0.2, -0.15) is 0 Å². The number of aromatic nitrogens is 1. The van der Waals surface area contributed by atoms with Gasteiger partial charge in [0.1, 0.15) is 4.90 Å². The van der Waals surface area contributed by atoms with Crippen molar-refractivity contribution in [3.05, 3.63) is 26.9 Å². The predicted octanol–water partition coefficient (Wildman–Crippen LogP) is 2.91. The van der Waals surface area contributed by atoms with E-state index in [1.165, 1.54) is 22.7 Å². The summed E-state index contributed by atoms with van der Waals surface area (Å²) in [6.07, 6.45) is 2.32. The molecule has 0 aromatic carbocycles. The fourth-order valence-corrected chi connectivity index (χ4v) is 5.82. The fourth-order valence-electron chi connectivity index (χ4n) is 2.12. The first kappa shape index (κ1) is 15.0. The van der Waals surface area contributed by atoms with Gasteiger partial charge in [0.05, 0.1) is 5.69 Å². The van der Waals surface area contributed by atoms with Crippen LogP contribution in [0.1, 0.15) is 34.2 Å². The molecule has 2 aromatic rings. The van der Waals surface area contributed by atoms with Gasteiger partial charge in [-0.1, -0.05) is 0 Å². The highest BCUT2D eigenvalue weighted by Gasteiger charge is 2.27. The van der Waals surface area contributed by atoms with Crippen molar-refractivity contribution in [2.45, 2.75) is 37.1 Å². The first-order valence-electron chi connectivity index (χ1n) is 6.72. The summed E-state index contributed by atoms with van der Waals surface area (Å²) in [5.74, 6) is 0.532. The van der Waals surface area contributed by atoms with Gasteiger partial charge in [0.15, 0.2) is 5.13 Å². The van der Waals surface area contributed by atoms with Crippen LogP contribution in [0.15, 0.2) is 16.3 Å². The molecule has 0 aliphatic heterocycles. The van der Waals surface area contributed by atoms with E-state index in [-0.39, 0.29) is 0 Å². The molecule has 2 N–H and O–H groups in total. The number of sulfonamides is 1. The van der Waals surface area contributed by atoms with Gasteiger partial charge in [-0.15, -0.1) is 22.7 Å². The van der Waals surface area contributed by atoms with E-state index in [1.807, 2.05) is 19.4 Å². The summed E-state index contributed by atoms with van der Waals surface area (Å²) in [5.41, 5.74) is 1.01. The molecule has 1 aliphatic carbocycles. The van der Waals surface area contributed by atoms with Crippen molar-refractivity contribution in [2.75, 3.05) is 11.8 Å². The first-order chi connectivity index (χ1) is 9.99. The van der Waals surface area contributed by atoms with E-state index >= 15 is 0 Å². The van der Waals surface area contributed by atoms with E-state index in [4.69, 9.17) is 0 Å². The van der Waals surface area contributed by atoms with Crippen LogP contribution in [0.3, 0.4) is 0 Å². The third-order valence-corrected chi connectivity index (χ3v) is 6.85. The number of rotatable bonds is 6. The molecule has 0 bridgehead atoms. The summed E-state index contributed by atoms with van der Waals surface area (Å²) in [5, 5.41) is 5.44. The van der Waals surface area contributed by atoms with E-state index in [9.17, 15) is 8.42 Å². The highest BCUT2D eigenvalue weighted by Crippen LogP contribution is 2.41. The molecule has 1 saturated carbocycles. The minimum absolute atomic E-state index is 0.348. The average molecular weight is 343 g/mol. The second-order valence-electron chi connectivity index (χ2n) is 5.12. The van der Waals surface area contributed by atoms with Crippen molar-refractivity contribution < 1.29 is 8.42 Å². The summed E-state index contributed by atoms with van der Waals surface area (Å²) in [6.45, 7) is 2.50. The van der Waals surface area contributed by atoms with Crippen molar-refractivity contribution in [2.24, 2.45) is 0 Å². The lowest BCUT2D eigenvalue weighted by molar-refractivity contribution is 0.601. The van der Waals surface area contributed by atoms with Crippen LogP contribution in [-0.2, 0) is 16.6 Å². The summed E-state index contributed by atoms with van der Waals surface area (Å²) in [6, 6.07) is 1.73. The molecule has 0 atom stereocenters. The van der Waals surface area contributed by atoms with E-state index in [0.29, 0.717) is 22.5 Å². The van der Waals surface area contributed by atoms with Gasteiger partial charge in [0.2, 0.25) is 0 Å². The number of anilines is 1. The minimum Gasteiger partial charge on any atom is -0.315 e. The molecule has 2 heterocycles. The van der Waals surface area contributed by atoms with E-state index in [0.717, 1.165) is 28.3 Å². The van der Waals surface area contributed by atoms with Crippen LogP contribution in [0.2, 0.25) is 0 Å². The fraction of sp³-hybridized carbons (Fsp3) is 0.462. The van der Waals surface area contributed by atoms with Gasteiger partial charge in [-0.05, 0) is 32.9 Å². The second-order valence-corrected chi connectivity index (χ2v) is 8.97. The zero-order chi connectivity index (χ0) is 15.0. The number of hydrogen-bond acceptors (Lipinski definition) is 6. The van der Waals surface area contributed by atoms with Crippen molar-refractivity contribution in [3.8, 4) is 0 Å². The van der Waals surface area contributed by atoms with Gasteiger partial charge in [0, 0.05) is 27.6 Å². The maximum absolute atomic E-state index is 12.5. The zero-order valence-corrected chi connectivity index (χ0v) is 14.3. The van der Waals surface area contributed by atoms with Crippen LogP contribution in [0.5, 0.6) is 0 Å². The van der Waals surface area contributed by atoms with E-state index < -0.39 is 10.0 Å². The Morgan fingerprint density at radius 2 is 2.19 bits per heavy atom. The molecule has 8 heteroatoms. The molecule has 0 radical (unpaired) electrons. The summed E-state index contributed by atoms with van der Waals surface area (Å²) in [4.78, 5) is 6.53. The molecular formula is C13H17N3O2S3. The van der Waals surface area contributed by atoms with Gasteiger partial charge < -0.3 is 5.32 Å². The Morgan fingerprint density at radius 3 is 2.86 bits per heavy atom. The van der Waals surface area contributed by atoms with Crippen LogP contribution in [0.4, 0.5) is 5.13 Å². The van der Waals surface area contributed by atoms with E-state index in [1.54, 1.807) is 6.07 Å². The predicted molar refractivity (Wildman–Crippen MR) is 86.7 cm³/mol. The van der Waals surface area contributed by atoms with Crippen molar-refractivity contribution >= 4 is 37.8 Å². The molecule has 0 unspecified atom stereocenters. The summed E-state index contributed by atoms with van der Waals surface area (Å²) >= 11 is 2.85. The average Bonchev–Trinajstić information content (AvgIpc) is 3.05. The normalized spacial score (nSPS) is 15.3. The molecule has 21 heavy (non-hydrogen) atoms.